The molecule has 1 aliphatic heterocycles. The Labute approximate surface area is 160 Å². The molecule has 1 saturated heterocycles. The molecule has 0 aromatic carbocycles. The van der Waals surface area contributed by atoms with E-state index < -0.39 is 0 Å². The molecule has 1 fully saturated rings. The Morgan fingerprint density at radius 1 is 0.520 bits per heavy atom. The summed E-state index contributed by atoms with van der Waals surface area (Å²) < 4.78 is 5.52. The lowest BCUT2D eigenvalue weighted by Gasteiger charge is -2.56. The normalized spacial score (nSPS) is 19.9. The molecule has 1 aliphatic rings. The molecule has 0 aliphatic carbocycles. The zero-order chi connectivity index (χ0) is 20.5. The summed E-state index contributed by atoms with van der Waals surface area (Å²) in [5.74, 6) is 0. The highest BCUT2D eigenvalue weighted by molar-refractivity contribution is 4.99. The van der Waals surface area contributed by atoms with E-state index in [4.69, 9.17) is 4.74 Å². The maximum atomic E-state index is 5.52. The quantitative estimate of drug-likeness (QED) is 0.428. The Bertz CT molecular complexity index is 363. The van der Waals surface area contributed by atoms with Gasteiger partial charge in [-0.2, -0.15) is 0 Å². The average molecular weight is 355 g/mol. The molecular formula is C24H50O. The Hall–Kier alpha value is -0.0400. The topological polar surface area (TPSA) is 9.23 Å². The van der Waals surface area contributed by atoms with Crippen molar-refractivity contribution in [3.05, 3.63) is 0 Å². The molecule has 0 aromatic heterocycles. The zero-order valence-electron chi connectivity index (χ0n) is 20.2. The average Bonchev–Trinajstić information content (AvgIpc) is 2.35. The molecule has 0 N–H and O–H groups in total. The summed E-state index contributed by atoms with van der Waals surface area (Å²) in [5, 5.41) is 0. The Balaban J connectivity index is 0.000000477. The van der Waals surface area contributed by atoms with Gasteiger partial charge in [-0.1, -0.05) is 96.9 Å². The lowest BCUT2D eigenvalue weighted by Crippen LogP contribution is -2.49. The Morgan fingerprint density at radius 3 is 0.920 bits per heavy atom. The first-order chi connectivity index (χ1) is 10.7. The van der Waals surface area contributed by atoms with E-state index in [-0.39, 0.29) is 0 Å². The van der Waals surface area contributed by atoms with Crippen LogP contribution >= 0.6 is 0 Å². The molecule has 1 nitrogen and oxygen atoms in total. The fraction of sp³-hybridized carbons (Fsp3) is 1.00. The second kappa shape index (κ2) is 7.53. The molecule has 0 radical (unpaired) electrons. The van der Waals surface area contributed by atoms with Gasteiger partial charge in [0.15, 0.2) is 0 Å². The van der Waals surface area contributed by atoms with Gasteiger partial charge < -0.3 is 4.74 Å². The molecular weight excluding hydrogens is 304 g/mol. The fourth-order valence-electron chi connectivity index (χ4n) is 4.47. The van der Waals surface area contributed by atoms with Crippen molar-refractivity contribution in [2.24, 2.45) is 32.5 Å². The van der Waals surface area contributed by atoms with Gasteiger partial charge >= 0.3 is 0 Å². The van der Waals surface area contributed by atoms with Crippen LogP contribution in [0.25, 0.3) is 0 Å². The monoisotopic (exact) mass is 354 g/mol. The van der Waals surface area contributed by atoms with Crippen molar-refractivity contribution >= 4 is 0 Å². The molecule has 0 spiro atoms. The van der Waals surface area contributed by atoms with Crippen LogP contribution in [-0.2, 0) is 4.74 Å². The van der Waals surface area contributed by atoms with E-state index >= 15 is 0 Å². The number of hydrogen-bond acceptors (Lipinski definition) is 1. The minimum Gasteiger partial charge on any atom is -0.381 e. The van der Waals surface area contributed by atoms with Crippen LogP contribution in [0.5, 0.6) is 0 Å². The zero-order valence-corrected chi connectivity index (χ0v) is 20.2. The van der Waals surface area contributed by atoms with E-state index in [2.05, 4.69) is 96.9 Å². The molecule has 0 saturated carbocycles. The van der Waals surface area contributed by atoms with E-state index in [0.29, 0.717) is 32.5 Å². The van der Waals surface area contributed by atoms with Crippen molar-refractivity contribution in [2.45, 2.75) is 110 Å². The Kier molecular flexibility index (Phi) is 7.52. The lowest BCUT2D eigenvalue weighted by molar-refractivity contribution is -0.113. The van der Waals surface area contributed by atoms with E-state index in [9.17, 15) is 0 Å². The van der Waals surface area contributed by atoms with Crippen LogP contribution in [0.4, 0.5) is 0 Å². The van der Waals surface area contributed by atoms with Gasteiger partial charge in [0.1, 0.15) is 0 Å². The van der Waals surface area contributed by atoms with Gasteiger partial charge in [0, 0.05) is 13.2 Å². The summed E-state index contributed by atoms with van der Waals surface area (Å²) in [6, 6.07) is 0. The van der Waals surface area contributed by atoms with Crippen LogP contribution in [0.3, 0.4) is 0 Å². The van der Waals surface area contributed by atoms with Crippen molar-refractivity contribution < 1.29 is 4.74 Å². The third-order valence-electron chi connectivity index (χ3n) is 7.97. The predicted molar refractivity (Wildman–Crippen MR) is 114 cm³/mol. The van der Waals surface area contributed by atoms with Crippen molar-refractivity contribution in [2.75, 3.05) is 13.2 Å². The number of rotatable bonds is 0. The van der Waals surface area contributed by atoms with Gasteiger partial charge in [-0.15, -0.1) is 0 Å². The van der Waals surface area contributed by atoms with Gasteiger partial charge in [-0.25, -0.2) is 0 Å². The van der Waals surface area contributed by atoms with Crippen LogP contribution in [0.15, 0.2) is 0 Å². The molecule has 152 valence electrons. The largest absolute Gasteiger partial charge is 0.381 e. The first-order valence-electron chi connectivity index (χ1n) is 10.3. The molecule has 1 heterocycles. The van der Waals surface area contributed by atoms with Gasteiger partial charge in [0.25, 0.3) is 0 Å². The third kappa shape index (κ3) is 5.47. The minimum atomic E-state index is 0.370. The summed E-state index contributed by atoms with van der Waals surface area (Å²) in [7, 11) is 0. The Morgan fingerprint density at radius 2 is 0.800 bits per heavy atom. The van der Waals surface area contributed by atoms with Crippen LogP contribution in [0.1, 0.15) is 110 Å². The lowest BCUT2D eigenvalue weighted by atomic mass is 9.51. The highest BCUT2D eigenvalue weighted by Gasteiger charge is 2.50. The molecule has 0 bridgehead atoms. The highest BCUT2D eigenvalue weighted by atomic mass is 16.5. The summed E-state index contributed by atoms with van der Waals surface area (Å²) in [5.41, 5.74) is 2.30. The first-order valence-corrected chi connectivity index (χ1v) is 10.3. The van der Waals surface area contributed by atoms with Gasteiger partial charge in [0.2, 0.25) is 0 Å². The van der Waals surface area contributed by atoms with Crippen LogP contribution in [0, 0.1) is 32.5 Å². The molecule has 25 heavy (non-hydrogen) atoms. The summed E-state index contributed by atoms with van der Waals surface area (Å²) >= 11 is 0. The van der Waals surface area contributed by atoms with Crippen molar-refractivity contribution in [1.29, 1.82) is 0 Å². The van der Waals surface area contributed by atoms with Crippen molar-refractivity contribution in [1.82, 2.24) is 0 Å². The highest BCUT2D eigenvalue weighted by Crippen LogP contribution is 2.57. The van der Waals surface area contributed by atoms with E-state index in [1.165, 1.54) is 12.8 Å². The first kappa shape index (κ1) is 25.0. The molecule has 0 atom stereocenters. The van der Waals surface area contributed by atoms with E-state index in [0.717, 1.165) is 13.2 Å². The minimum absolute atomic E-state index is 0.370. The van der Waals surface area contributed by atoms with Crippen molar-refractivity contribution in [3.63, 3.8) is 0 Å². The van der Waals surface area contributed by atoms with E-state index in [1.54, 1.807) is 0 Å². The standard InChI is InChI=1S/C13H26O.C11H24/c1-11(2,3)13(12(4,5)6)7-9-14-10-8-13;1-9(2,3)11(7,8)10(4,5)6/h7-10H2,1-6H3;1-8H3. The van der Waals surface area contributed by atoms with Gasteiger partial charge in [0.05, 0.1) is 0 Å². The molecule has 0 amide bonds. The third-order valence-corrected chi connectivity index (χ3v) is 7.97. The van der Waals surface area contributed by atoms with Gasteiger partial charge in [-0.05, 0) is 45.3 Å². The van der Waals surface area contributed by atoms with Crippen LogP contribution in [0.2, 0.25) is 0 Å². The smallest absolute Gasteiger partial charge is 0.0471 e. The maximum absolute atomic E-state index is 5.52. The van der Waals surface area contributed by atoms with Gasteiger partial charge in [-0.3, -0.25) is 0 Å². The van der Waals surface area contributed by atoms with Crippen LogP contribution in [-0.4, -0.2) is 13.2 Å². The maximum Gasteiger partial charge on any atom is 0.0471 e. The summed E-state index contributed by atoms with van der Waals surface area (Å²) in [6.07, 6.45) is 2.42. The summed E-state index contributed by atoms with van der Waals surface area (Å²) in [4.78, 5) is 0. The molecule has 1 rings (SSSR count). The van der Waals surface area contributed by atoms with Crippen LogP contribution < -0.4 is 0 Å². The summed E-state index contributed by atoms with van der Waals surface area (Å²) in [6.45, 7) is 34.8. The SMILES string of the molecule is CC(C)(C)C(C)(C)C(C)(C)C.CC(C)(C)C1(C(C)(C)C)CCOCC1. The fourth-order valence-corrected chi connectivity index (χ4v) is 4.47. The van der Waals surface area contributed by atoms with Crippen molar-refractivity contribution in [3.8, 4) is 0 Å². The molecule has 0 unspecified atom stereocenters. The van der Waals surface area contributed by atoms with E-state index in [1.807, 2.05) is 0 Å². The number of ether oxygens (including phenoxy) is 1. The number of hydrogen-bond donors (Lipinski definition) is 0. The predicted octanol–water partition coefficient (Wildman–Crippen LogP) is 7.98. The second-order valence-electron chi connectivity index (χ2n) is 12.8. The second-order valence-corrected chi connectivity index (χ2v) is 12.8. The molecule has 1 heteroatoms. The molecule has 0 aromatic rings.